The van der Waals surface area contributed by atoms with Crippen molar-refractivity contribution >= 4 is 11.6 Å². The maximum Gasteiger partial charge on any atom is 0.220 e. The van der Waals surface area contributed by atoms with Gasteiger partial charge in [-0.25, -0.2) is 4.39 Å². The number of aryl methyl sites for hydroxylation is 1. The summed E-state index contributed by atoms with van der Waals surface area (Å²) in [5.41, 5.74) is 8.13. The number of carbonyl (C=O) groups excluding carboxylic acids is 1. The van der Waals surface area contributed by atoms with Crippen molar-refractivity contribution in [3.8, 4) is 0 Å². The van der Waals surface area contributed by atoms with Crippen molar-refractivity contribution < 1.29 is 9.18 Å². The molecule has 4 heteroatoms. The van der Waals surface area contributed by atoms with Crippen LogP contribution in [0.2, 0.25) is 0 Å². The third-order valence-electron chi connectivity index (χ3n) is 3.00. The lowest BCUT2D eigenvalue weighted by Gasteiger charge is -2.06. The van der Waals surface area contributed by atoms with Crippen molar-refractivity contribution in [3.63, 3.8) is 0 Å². The summed E-state index contributed by atoms with van der Waals surface area (Å²) in [5.74, 6) is -0.343. The van der Waals surface area contributed by atoms with Gasteiger partial charge in [0.1, 0.15) is 5.82 Å². The van der Waals surface area contributed by atoms with Crippen LogP contribution < -0.4 is 11.1 Å². The molecule has 0 atom stereocenters. The normalized spacial score (nSPS) is 10.2. The average molecular weight is 272 g/mol. The molecule has 2 aromatic rings. The number of benzene rings is 2. The van der Waals surface area contributed by atoms with Gasteiger partial charge in [0.05, 0.1) is 0 Å². The van der Waals surface area contributed by atoms with Crippen molar-refractivity contribution in [2.75, 3.05) is 5.73 Å². The molecule has 0 aliphatic carbocycles. The SMILES string of the molecule is Nc1ccc(CCC(=O)NCc2cccc(F)c2)cc1. The highest BCUT2D eigenvalue weighted by molar-refractivity contribution is 5.76. The minimum Gasteiger partial charge on any atom is -0.399 e. The molecule has 0 spiro atoms. The van der Waals surface area contributed by atoms with E-state index in [-0.39, 0.29) is 11.7 Å². The monoisotopic (exact) mass is 272 g/mol. The van der Waals surface area contributed by atoms with E-state index in [1.807, 2.05) is 24.3 Å². The Kier molecular flexibility index (Phi) is 4.71. The lowest BCUT2D eigenvalue weighted by Crippen LogP contribution is -2.23. The second kappa shape index (κ2) is 6.70. The van der Waals surface area contributed by atoms with Gasteiger partial charge < -0.3 is 11.1 Å². The smallest absolute Gasteiger partial charge is 0.220 e. The highest BCUT2D eigenvalue weighted by Crippen LogP contribution is 2.08. The van der Waals surface area contributed by atoms with Crippen molar-refractivity contribution in [2.24, 2.45) is 0 Å². The zero-order valence-corrected chi connectivity index (χ0v) is 11.1. The predicted octanol–water partition coefficient (Wildman–Crippen LogP) is 2.66. The number of amides is 1. The summed E-state index contributed by atoms with van der Waals surface area (Å²) in [6.07, 6.45) is 1.06. The highest BCUT2D eigenvalue weighted by atomic mass is 19.1. The first-order valence-electron chi connectivity index (χ1n) is 6.49. The van der Waals surface area contributed by atoms with Crippen LogP contribution in [0.15, 0.2) is 48.5 Å². The Labute approximate surface area is 117 Å². The van der Waals surface area contributed by atoms with E-state index < -0.39 is 0 Å². The van der Waals surface area contributed by atoms with E-state index in [4.69, 9.17) is 5.73 Å². The van der Waals surface area contributed by atoms with Gasteiger partial charge in [0.25, 0.3) is 0 Å². The third kappa shape index (κ3) is 4.39. The maximum atomic E-state index is 13.0. The molecule has 104 valence electrons. The largest absolute Gasteiger partial charge is 0.399 e. The lowest BCUT2D eigenvalue weighted by molar-refractivity contribution is -0.121. The summed E-state index contributed by atoms with van der Waals surface area (Å²) in [5, 5.41) is 2.78. The van der Waals surface area contributed by atoms with E-state index in [9.17, 15) is 9.18 Å². The lowest BCUT2D eigenvalue weighted by atomic mass is 10.1. The second-order valence-electron chi connectivity index (χ2n) is 4.65. The van der Waals surface area contributed by atoms with E-state index in [1.54, 1.807) is 12.1 Å². The van der Waals surface area contributed by atoms with Crippen LogP contribution in [0.4, 0.5) is 10.1 Å². The van der Waals surface area contributed by atoms with Crippen LogP contribution >= 0.6 is 0 Å². The quantitative estimate of drug-likeness (QED) is 0.822. The molecule has 2 aromatic carbocycles. The Morgan fingerprint density at radius 2 is 1.85 bits per heavy atom. The molecule has 0 aliphatic heterocycles. The first-order chi connectivity index (χ1) is 9.63. The molecular formula is C16H17FN2O. The molecule has 0 heterocycles. The van der Waals surface area contributed by atoms with Crippen molar-refractivity contribution in [3.05, 3.63) is 65.5 Å². The zero-order chi connectivity index (χ0) is 14.4. The molecule has 3 nitrogen and oxygen atoms in total. The first kappa shape index (κ1) is 14.1. The van der Waals surface area contributed by atoms with Crippen LogP contribution in [-0.4, -0.2) is 5.91 Å². The Hall–Kier alpha value is -2.36. The molecule has 0 unspecified atom stereocenters. The summed E-state index contributed by atoms with van der Waals surface area (Å²) in [6.45, 7) is 0.346. The van der Waals surface area contributed by atoms with Gasteiger partial charge >= 0.3 is 0 Å². The van der Waals surface area contributed by atoms with Gasteiger partial charge in [0, 0.05) is 18.7 Å². The van der Waals surface area contributed by atoms with Crippen LogP contribution in [0.1, 0.15) is 17.5 Å². The van der Waals surface area contributed by atoms with Gasteiger partial charge in [-0.05, 0) is 41.8 Å². The van der Waals surface area contributed by atoms with Crippen LogP contribution in [-0.2, 0) is 17.8 Å². The molecule has 0 aromatic heterocycles. The van der Waals surface area contributed by atoms with Crippen molar-refractivity contribution in [1.29, 1.82) is 0 Å². The van der Waals surface area contributed by atoms with Gasteiger partial charge in [0.15, 0.2) is 0 Å². The Morgan fingerprint density at radius 1 is 1.10 bits per heavy atom. The molecule has 0 saturated carbocycles. The molecule has 0 aliphatic rings. The van der Waals surface area contributed by atoms with Gasteiger partial charge in [-0.1, -0.05) is 24.3 Å². The van der Waals surface area contributed by atoms with Crippen LogP contribution in [0.25, 0.3) is 0 Å². The predicted molar refractivity (Wildman–Crippen MR) is 77.4 cm³/mol. The summed E-state index contributed by atoms with van der Waals surface area (Å²) in [7, 11) is 0. The molecule has 2 rings (SSSR count). The molecule has 1 amide bonds. The number of nitrogens with two attached hydrogens (primary N) is 1. The van der Waals surface area contributed by atoms with Gasteiger partial charge in [-0.15, -0.1) is 0 Å². The van der Waals surface area contributed by atoms with Gasteiger partial charge in [0.2, 0.25) is 5.91 Å². The summed E-state index contributed by atoms with van der Waals surface area (Å²) in [4.78, 5) is 11.7. The molecule has 3 N–H and O–H groups in total. The summed E-state index contributed by atoms with van der Waals surface area (Å²) in [6, 6.07) is 13.7. The van der Waals surface area contributed by atoms with Crippen LogP contribution in [0.3, 0.4) is 0 Å². The van der Waals surface area contributed by atoms with E-state index >= 15 is 0 Å². The molecule has 0 fully saturated rings. The van der Waals surface area contributed by atoms with E-state index in [0.29, 0.717) is 25.1 Å². The summed E-state index contributed by atoms with van der Waals surface area (Å²) >= 11 is 0. The molecule has 0 bridgehead atoms. The number of anilines is 1. The Bertz CT molecular complexity index is 581. The minimum atomic E-state index is -0.293. The fourth-order valence-electron chi connectivity index (χ4n) is 1.88. The Balaban J connectivity index is 1.77. The molecule has 0 saturated heterocycles. The van der Waals surface area contributed by atoms with Crippen molar-refractivity contribution in [2.45, 2.75) is 19.4 Å². The van der Waals surface area contributed by atoms with E-state index in [2.05, 4.69) is 5.32 Å². The van der Waals surface area contributed by atoms with Gasteiger partial charge in [-0.2, -0.15) is 0 Å². The molecule has 0 radical (unpaired) electrons. The standard InChI is InChI=1S/C16H17FN2O/c17-14-3-1-2-13(10-14)11-19-16(20)9-6-12-4-7-15(18)8-5-12/h1-5,7-8,10H,6,9,11,18H2,(H,19,20). The fourth-order valence-corrected chi connectivity index (χ4v) is 1.88. The van der Waals surface area contributed by atoms with Crippen LogP contribution in [0, 0.1) is 5.82 Å². The number of nitrogen functional groups attached to an aromatic ring is 1. The number of hydrogen-bond donors (Lipinski definition) is 2. The maximum absolute atomic E-state index is 13.0. The summed E-state index contributed by atoms with van der Waals surface area (Å²) < 4.78 is 13.0. The Morgan fingerprint density at radius 3 is 2.55 bits per heavy atom. The van der Waals surface area contributed by atoms with Crippen LogP contribution in [0.5, 0.6) is 0 Å². The number of rotatable bonds is 5. The number of halogens is 1. The topological polar surface area (TPSA) is 55.1 Å². The molecule has 20 heavy (non-hydrogen) atoms. The fraction of sp³-hybridized carbons (Fsp3) is 0.188. The number of hydrogen-bond acceptors (Lipinski definition) is 2. The van der Waals surface area contributed by atoms with E-state index in [0.717, 1.165) is 11.1 Å². The van der Waals surface area contributed by atoms with Gasteiger partial charge in [-0.3, -0.25) is 4.79 Å². The zero-order valence-electron chi connectivity index (χ0n) is 11.1. The molecular weight excluding hydrogens is 255 g/mol. The number of nitrogens with one attached hydrogen (secondary N) is 1. The van der Waals surface area contributed by atoms with Crippen molar-refractivity contribution in [1.82, 2.24) is 5.32 Å². The minimum absolute atomic E-state index is 0.0499. The number of carbonyl (C=O) groups is 1. The average Bonchev–Trinajstić information content (AvgIpc) is 2.45. The second-order valence-corrected chi connectivity index (χ2v) is 4.65. The van der Waals surface area contributed by atoms with E-state index in [1.165, 1.54) is 12.1 Å². The highest BCUT2D eigenvalue weighted by Gasteiger charge is 2.03. The first-order valence-corrected chi connectivity index (χ1v) is 6.49. The third-order valence-corrected chi connectivity index (χ3v) is 3.00.